The van der Waals surface area contributed by atoms with Crippen LogP contribution >= 0.6 is 0 Å². The summed E-state index contributed by atoms with van der Waals surface area (Å²) in [6.45, 7) is 0. The lowest BCUT2D eigenvalue weighted by atomic mass is 9.86. The van der Waals surface area contributed by atoms with Crippen LogP contribution in [-0.2, 0) is 5.54 Å². The third-order valence-corrected chi connectivity index (χ3v) is 4.14. The summed E-state index contributed by atoms with van der Waals surface area (Å²) in [6.07, 6.45) is 8.47. The maximum Gasteiger partial charge on any atom is 0.103 e. The third-order valence-electron chi connectivity index (χ3n) is 4.14. The van der Waals surface area contributed by atoms with Gasteiger partial charge in [0.1, 0.15) is 5.69 Å². The van der Waals surface area contributed by atoms with E-state index in [4.69, 9.17) is 0 Å². The minimum absolute atomic E-state index is 0.204. The molecule has 0 amide bonds. The number of hydrogen-bond donors (Lipinski definition) is 1. The Balaban J connectivity index is 2.02. The first-order chi connectivity index (χ1) is 6.83. The zero-order chi connectivity index (χ0) is 9.60. The van der Waals surface area contributed by atoms with Crippen molar-refractivity contribution in [1.82, 2.24) is 20.3 Å². The number of nitrogens with zero attached hydrogens (tertiary/aromatic N) is 3. The average molecular weight is 192 g/mol. The van der Waals surface area contributed by atoms with Crippen LogP contribution in [0.1, 0.15) is 37.8 Å². The van der Waals surface area contributed by atoms with Crippen LogP contribution in [0.3, 0.4) is 0 Å². The summed E-state index contributed by atoms with van der Waals surface area (Å²) in [5.74, 6) is 0. The Bertz CT molecular complexity index is 317. The van der Waals surface area contributed by atoms with E-state index in [-0.39, 0.29) is 5.54 Å². The van der Waals surface area contributed by atoms with Crippen LogP contribution in [0.25, 0.3) is 0 Å². The van der Waals surface area contributed by atoms with Gasteiger partial charge in [-0.3, -0.25) is 10.00 Å². The van der Waals surface area contributed by atoms with E-state index in [0.717, 1.165) is 11.7 Å². The molecule has 0 aromatic carbocycles. The molecule has 1 N–H and O–H groups in total. The van der Waals surface area contributed by atoms with E-state index < -0.39 is 0 Å². The van der Waals surface area contributed by atoms with Crippen molar-refractivity contribution in [2.24, 2.45) is 0 Å². The van der Waals surface area contributed by atoms with Crippen LogP contribution in [-0.4, -0.2) is 33.4 Å². The van der Waals surface area contributed by atoms with Gasteiger partial charge < -0.3 is 0 Å². The fourth-order valence-corrected chi connectivity index (χ4v) is 3.26. The van der Waals surface area contributed by atoms with E-state index in [9.17, 15) is 0 Å². The zero-order valence-corrected chi connectivity index (χ0v) is 8.53. The zero-order valence-electron chi connectivity index (χ0n) is 8.53. The van der Waals surface area contributed by atoms with Gasteiger partial charge in [-0.25, -0.2) is 0 Å². The van der Waals surface area contributed by atoms with Crippen molar-refractivity contribution in [2.45, 2.75) is 43.7 Å². The van der Waals surface area contributed by atoms with E-state index in [0.29, 0.717) is 0 Å². The summed E-state index contributed by atoms with van der Waals surface area (Å²) in [7, 11) is 2.24. The van der Waals surface area contributed by atoms with Gasteiger partial charge in [-0.2, -0.15) is 0 Å². The van der Waals surface area contributed by atoms with Crippen molar-refractivity contribution in [3.63, 3.8) is 0 Å². The van der Waals surface area contributed by atoms with E-state index in [2.05, 4.69) is 27.4 Å². The molecule has 2 fully saturated rings. The quantitative estimate of drug-likeness (QED) is 0.729. The average Bonchev–Trinajstić information content (AvgIpc) is 2.75. The SMILES string of the molecule is CN1[C@@H]2CCC[C@@]1(c1c[nH]nn1)CC2. The number of aromatic amines is 1. The van der Waals surface area contributed by atoms with Gasteiger partial charge in [0.05, 0.1) is 5.54 Å². The molecule has 1 aromatic rings. The summed E-state index contributed by atoms with van der Waals surface area (Å²) in [5.41, 5.74) is 1.35. The molecular formula is C10H16N4. The second-order valence-corrected chi connectivity index (χ2v) is 4.59. The minimum Gasteiger partial charge on any atom is -0.292 e. The van der Waals surface area contributed by atoms with Crippen LogP contribution < -0.4 is 0 Å². The van der Waals surface area contributed by atoms with Crippen molar-refractivity contribution >= 4 is 0 Å². The molecule has 0 aliphatic carbocycles. The molecule has 4 heteroatoms. The lowest BCUT2D eigenvalue weighted by Gasteiger charge is -2.41. The number of rotatable bonds is 1. The van der Waals surface area contributed by atoms with E-state index >= 15 is 0 Å². The molecule has 2 aliphatic heterocycles. The molecule has 0 radical (unpaired) electrons. The Labute approximate surface area is 83.7 Å². The predicted octanol–water partition coefficient (Wildman–Crippen LogP) is 1.28. The lowest BCUT2D eigenvalue weighted by Crippen LogP contribution is -2.45. The number of fused-ring (bicyclic) bond motifs is 2. The molecule has 3 rings (SSSR count). The fourth-order valence-electron chi connectivity index (χ4n) is 3.26. The largest absolute Gasteiger partial charge is 0.292 e. The number of piperidine rings is 1. The van der Waals surface area contributed by atoms with Crippen molar-refractivity contribution in [2.75, 3.05) is 7.05 Å². The molecule has 3 heterocycles. The Morgan fingerprint density at radius 2 is 2.43 bits per heavy atom. The maximum atomic E-state index is 4.21. The highest BCUT2D eigenvalue weighted by atomic mass is 15.4. The smallest absolute Gasteiger partial charge is 0.103 e. The van der Waals surface area contributed by atoms with Gasteiger partial charge >= 0.3 is 0 Å². The van der Waals surface area contributed by atoms with Crippen LogP contribution in [0, 0.1) is 0 Å². The van der Waals surface area contributed by atoms with E-state index in [1.807, 2.05) is 6.20 Å². The Hall–Kier alpha value is -0.900. The molecule has 0 unspecified atom stereocenters. The van der Waals surface area contributed by atoms with Crippen LogP contribution in [0.15, 0.2) is 6.20 Å². The minimum atomic E-state index is 0.204. The molecule has 1 aromatic heterocycles. The maximum absolute atomic E-state index is 4.21. The Kier molecular flexibility index (Phi) is 1.68. The van der Waals surface area contributed by atoms with Crippen LogP contribution in [0.5, 0.6) is 0 Å². The summed E-state index contributed by atoms with van der Waals surface area (Å²) in [6, 6.07) is 0.778. The molecule has 2 saturated heterocycles. The highest BCUT2D eigenvalue weighted by Gasteiger charge is 2.49. The number of H-pyrrole nitrogens is 1. The van der Waals surface area contributed by atoms with Crippen LogP contribution in [0.4, 0.5) is 0 Å². The monoisotopic (exact) mass is 192 g/mol. The normalized spacial score (nSPS) is 37.6. The van der Waals surface area contributed by atoms with E-state index in [1.54, 1.807) is 0 Å². The summed E-state index contributed by atoms with van der Waals surface area (Å²) < 4.78 is 0. The van der Waals surface area contributed by atoms with Gasteiger partial charge in [-0.15, -0.1) is 5.10 Å². The highest BCUT2D eigenvalue weighted by Crippen LogP contribution is 2.48. The first kappa shape index (κ1) is 8.41. The topological polar surface area (TPSA) is 44.8 Å². The van der Waals surface area contributed by atoms with Crippen molar-refractivity contribution in [3.05, 3.63) is 11.9 Å². The molecule has 76 valence electrons. The number of nitrogens with one attached hydrogen (secondary N) is 1. The predicted molar refractivity (Wildman–Crippen MR) is 52.7 cm³/mol. The summed E-state index contributed by atoms with van der Waals surface area (Å²) in [5, 5.41) is 10.9. The molecule has 2 aliphatic rings. The van der Waals surface area contributed by atoms with Gasteiger partial charge in [-0.05, 0) is 39.2 Å². The molecule has 0 saturated carbocycles. The van der Waals surface area contributed by atoms with Crippen molar-refractivity contribution in [1.29, 1.82) is 0 Å². The molecule has 2 bridgehead atoms. The molecule has 4 nitrogen and oxygen atoms in total. The fraction of sp³-hybridized carbons (Fsp3) is 0.800. The second kappa shape index (κ2) is 2.79. The van der Waals surface area contributed by atoms with Crippen molar-refractivity contribution in [3.8, 4) is 0 Å². The molecule has 14 heavy (non-hydrogen) atoms. The van der Waals surface area contributed by atoms with Crippen molar-refractivity contribution < 1.29 is 0 Å². The first-order valence-electron chi connectivity index (χ1n) is 5.43. The Morgan fingerprint density at radius 3 is 3.21 bits per heavy atom. The van der Waals surface area contributed by atoms with Gasteiger partial charge in [-0.1, -0.05) is 5.21 Å². The highest BCUT2D eigenvalue weighted by molar-refractivity contribution is 5.16. The summed E-state index contributed by atoms with van der Waals surface area (Å²) in [4.78, 5) is 2.52. The second-order valence-electron chi connectivity index (χ2n) is 4.59. The summed E-state index contributed by atoms with van der Waals surface area (Å²) >= 11 is 0. The first-order valence-corrected chi connectivity index (χ1v) is 5.43. The van der Waals surface area contributed by atoms with Gasteiger partial charge in [0.2, 0.25) is 0 Å². The number of aromatic nitrogens is 3. The molecular weight excluding hydrogens is 176 g/mol. The van der Waals surface area contributed by atoms with Gasteiger partial charge in [0.15, 0.2) is 0 Å². The lowest BCUT2D eigenvalue weighted by molar-refractivity contribution is 0.0767. The Morgan fingerprint density at radius 1 is 1.50 bits per heavy atom. The number of hydrogen-bond acceptors (Lipinski definition) is 3. The van der Waals surface area contributed by atoms with Gasteiger partial charge in [0.25, 0.3) is 0 Å². The van der Waals surface area contributed by atoms with Crippen LogP contribution in [0.2, 0.25) is 0 Å². The molecule has 0 spiro atoms. The van der Waals surface area contributed by atoms with Gasteiger partial charge in [0, 0.05) is 12.2 Å². The van der Waals surface area contributed by atoms with E-state index in [1.165, 1.54) is 32.1 Å². The third kappa shape index (κ3) is 0.919. The standard InChI is InChI=1S/C10H16N4/c1-14-8-3-2-5-10(14,6-4-8)9-7-11-13-12-9/h7-8H,2-6H2,1H3,(H,11,12,13)/t8-,10+/m1/s1. The molecule has 2 atom stereocenters.